The molecule has 0 radical (unpaired) electrons. The third kappa shape index (κ3) is 5.65. The number of rotatable bonds is 7. The molecule has 2 rings (SSSR count). The molecule has 1 aromatic carbocycles. The highest BCUT2D eigenvalue weighted by molar-refractivity contribution is 7.99. The van der Waals surface area contributed by atoms with E-state index in [1.165, 1.54) is 49.5 Å². The molecule has 1 aromatic rings. The Morgan fingerprint density at radius 1 is 1.19 bits per heavy atom. The molecule has 2 atom stereocenters. The van der Waals surface area contributed by atoms with Crippen molar-refractivity contribution in [2.24, 2.45) is 5.92 Å². The summed E-state index contributed by atoms with van der Waals surface area (Å²) in [6.45, 7) is 9.47. The summed E-state index contributed by atoms with van der Waals surface area (Å²) < 4.78 is 0. The molecule has 1 saturated heterocycles. The first-order chi connectivity index (χ1) is 10.3. The number of nitrogens with zero attached hydrogens (tertiary/aromatic N) is 1. The van der Waals surface area contributed by atoms with E-state index in [1.807, 2.05) is 0 Å². The Hall–Kier alpha value is -0.510. The van der Waals surface area contributed by atoms with Crippen LogP contribution in [0.1, 0.15) is 38.3 Å². The molecule has 1 aliphatic rings. The van der Waals surface area contributed by atoms with Crippen LogP contribution >= 0.6 is 11.8 Å². The van der Waals surface area contributed by atoms with Gasteiger partial charge in [0, 0.05) is 24.9 Å². The molecular weight excluding hydrogens is 276 g/mol. The van der Waals surface area contributed by atoms with E-state index < -0.39 is 0 Å². The van der Waals surface area contributed by atoms with Crippen molar-refractivity contribution in [1.29, 1.82) is 0 Å². The molecule has 1 N–H and O–H groups in total. The van der Waals surface area contributed by atoms with Crippen LogP contribution in [0.2, 0.25) is 0 Å². The summed E-state index contributed by atoms with van der Waals surface area (Å²) in [7, 11) is 0. The molecule has 0 aliphatic carbocycles. The van der Waals surface area contributed by atoms with Crippen molar-refractivity contribution in [3.8, 4) is 0 Å². The van der Waals surface area contributed by atoms with E-state index in [2.05, 4.69) is 66.2 Å². The third-order valence-electron chi connectivity index (χ3n) is 4.20. The minimum Gasteiger partial charge on any atom is -0.310 e. The second kappa shape index (κ2) is 9.50. The highest BCUT2D eigenvalue weighted by atomic mass is 32.2. The molecular formula is C18H30N2S. The smallest absolute Gasteiger partial charge is 0.0358 e. The maximum atomic E-state index is 3.76. The lowest BCUT2D eigenvalue weighted by atomic mass is 9.93. The number of thioether (sulfide) groups is 1. The monoisotopic (exact) mass is 306 g/mol. The van der Waals surface area contributed by atoms with Gasteiger partial charge in [0.15, 0.2) is 0 Å². The Morgan fingerprint density at radius 2 is 2.00 bits per heavy atom. The van der Waals surface area contributed by atoms with E-state index in [0.29, 0.717) is 12.0 Å². The van der Waals surface area contributed by atoms with Gasteiger partial charge >= 0.3 is 0 Å². The normalized spacial score (nSPS) is 19.9. The summed E-state index contributed by atoms with van der Waals surface area (Å²) in [6.07, 6.45) is 2.53. The van der Waals surface area contributed by atoms with Gasteiger partial charge in [0.1, 0.15) is 0 Å². The van der Waals surface area contributed by atoms with Crippen molar-refractivity contribution < 1.29 is 0 Å². The molecule has 118 valence electrons. The van der Waals surface area contributed by atoms with Crippen molar-refractivity contribution >= 4 is 11.8 Å². The zero-order valence-electron chi connectivity index (χ0n) is 13.6. The standard InChI is InChI=1S/C18H30N2S/c1-3-10-19-18(17-8-5-4-6-9-17)16(2)15-20-11-7-13-21-14-12-20/h4-6,8-9,16,18-19H,3,7,10-15H2,1-2H3. The summed E-state index contributed by atoms with van der Waals surface area (Å²) in [5.74, 6) is 3.27. The van der Waals surface area contributed by atoms with Crippen LogP contribution in [0, 0.1) is 5.92 Å². The fourth-order valence-corrected chi connectivity index (χ4v) is 4.03. The molecule has 2 unspecified atom stereocenters. The molecule has 0 bridgehead atoms. The Morgan fingerprint density at radius 3 is 2.76 bits per heavy atom. The first-order valence-electron chi connectivity index (χ1n) is 8.39. The van der Waals surface area contributed by atoms with Gasteiger partial charge in [-0.3, -0.25) is 0 Å². The van der Waals surface area contributed by atoms with Gasteiger partial charge in [-0.05, 0) is 43.2 Å². The molecule has 1 aliphatic heterocycles. The summed E-state index contributed by atoms with van der Waals surface area (Å²) in [6, 6.07) is 11.4. The number of hydrogen-bond donors (Lipinski definition) is 1. The first kappa shape index (κ1) is 16.9. The van der Waals surface area contributed by atoms with Gasteiger partial charge in [-0.2, -0.15) is 11.8 Å². The van der Waals surface area contributed by atoms with Crippen molar-refractivity contribution in [2.75, 3.05) is 37.7 Å². The van der Waals surface area contributed by atoms with Crippen LogP contribution < -0.4 is 5.32 Å². The molecule has 0 amide bonds. The predicted molar refractivity (Wildman–Crippen MR) is 95.0 cm³/mol. The maximum absolute atomic E-state index is 3.76. The zero-order valence-corrected chi connectivity index (χ0v) is 14.4. The van der Waals surface area contributed by atoms with E-state index in [0.717, 1.165) is 6.54 Å². The molecule has 0 aromatic heterocycles. The lowest BCUT2D eigenvalue weighted by Gasteiger charge is -2.30. The molecule has 3 heteroatoms. The van der Waals surface area contributed by atoms with Crippen LogP contribution in [0.15, 0.2) is 30.3 Å². The van der Waals surface area contributed by atoms with E-state index in [1.54, 1.807) is 0 Å². The molecule has 1 heterocycles. The quantitative estimate of drug-likeness (QED) is 0.825. The molecule has 21 heavy (non-hydrogen) atoms. The van der Waals surface area contributed by atoms with Crippen molar-refractivity contribution in [1.82, 2.24) is 10.2 Å². The van der Waals surface area contributed by atoms with Crippen LogP contribution in [0.4, 0.5) is 0 Å². The maximum Gasteiger partial charge on any atom is 0.0358 e. The predicted octanol–water partition coefficient (Wildman–Crippen LogP) is 3.80. The SMILES string of the molecule is CCCNC(c1ccccc1)C(C)CN1CCCSCC1. The van der Waals surface area contributed by atoms with E-state index in [4.69, 9.17) is 0 Å². The topological polar surface area (TPSA) is 15.3 Å². The highest BCUT2D eigenvalue weighted by Crippen LogP contribution is 2.23. The van der Waals surface area contributed by atoms with Crippen LogP contribution in [0.25, 0.3) is 0 Å². The molecule has 2 nitrogen and oxygen atoms in total. The van der Waals surface area contributed by atoms with E-state index >= 15 is 0 Å². The van der Waals surface area contributed by atoms with Crippen LogP contribution in [-0.4, -0.2) is 42.6 Å². The van der Waals surface area contributed by atoms with Gasteiger partial charge in [0.2, 0.25) is 0 Å². The van der Waals surface area contributed by atoms with Crippen molar-refractivity contribution in [2.45, 2.75) is 32.7 Å². The highest BCUT2D eigenvalue weighted by Gasteiger charge is 2.21. The first-order valence-corrected chi connectivity index (χ1v) is 9.55. The van der Waals surface area contributed by atoms with Gasteiger partial charge in [0.25, 0.3) is 0 Å². The van der Waals surface area contributed by atoms with Crippen LogP contribution in [0.3, 0.4) is 0 Å². The number of hydrogen-bond acceptors (Lipinski definition) is 3. The van der Waals surface area contributed by atoms with Crippen LogP contribution in [-0.2, 0) is 0 Å². The van der Waals surface area contributed by atoms with Crippen molar-refractivity contribution in [3.63, 3.8) is 0 Å². The lowest BCUT2D eigenvalue weighted by molar-refractivity contribution is 0.223. The third-order valence-corrected chi connectivity index (χ3v) is 5.25. The fourth-order valence-electron chi connectivity index (χ4n) is 3.10. The van der Waals surface area contributed by atoms with Gasteiger partial charge in [0.05, 0.1) is 0 Å². The Kier molecular flexibility index (Phi) is 7.62. The lowest BCUT2D eigenvalue weighted by Crippen LogP contribution is -2.37. The average Bonchev–Trinajstić information content (AvgIpc) is 2.77. The average molecular weight is 307 g/mol. The van der Waals surface area contributed by atoms with Gasteiger partial charge in [-0.1, -0.05) is 44.2 Å². The molecule has 0 saturated carbocycles. The molecule has 0 spiro atoms. The minimum atomic E-state index is 0.474. The largest absolute Gasteiger partial charge is 0.310 e. The van der Waals surface area contributed by atoms with Crippen LogP contribution in [0.5, 0.6) is 0 Å². The van der Waals surface area contributed by atoms with Gasteiger partial charge in [-0.15, -0.1) is 0 Å². The van der Waals surface area contributed by atoms with Crippen molar-refractivity contribution in [3.05, 3.63) is 35.9 Å². The number of nitrogens with one attached hydrogen (secondary N) is 1. The minimum absolute atomic E-state index is 0.474. The Bertz CT molecular complexity index is 374. The summed E-state index contributed by atoms with van der Waals surface area (Å²) >= 11 is 2.11. The Labute approximate surface area is 134 Å². The zero-order chi connectivity index (χ0) is 14.9. The van der Waals surface area contributed by atoms with Gasteiger partial charge < -0.3 is 10.2 Å². The summed E-state index contributed by atoms with van der Waals surface area (Å²) in [4.78, 5) is 2.66. The van der Waals surface area contributed by atoms with E-state index in [-0.39, 0.29) is 0 Å². The molecule has 1 fully saturated rings. The van der Waals surface area contributed by atoms with E-state index in [9.17, 15) is 0 Å². The summed E-state index contributed by atoms with van der Waals surface area (Å²) in [5, 5.41) is 3.76. The summed E-state index contributed by atoms with van der Waals surface area (Å²) in [5.41, 5.74) is 1.43. The second-order valence-electron chi connectivity index (χ2n) is 6.09. The fraction of sp³-hybridized carbons (Fsp3) is 0.667. The Balaban J connectivity index is 1.97. The van der Waals surface area contributed by atoms with Gasteiger partial charge in [-0.25, -0.2) is 0 Å². The number of benzene rings is 1. The second-order valence-corrected chi connectivity index (χ2v) is 7.31.